The Balaban J connectivity index is 1.80. The molecule has 2 amide bonds. The summed E-state index contributed by atoms with van der Waals surface area (Å²) in [4.78, 5) is 51.3. The molecule has 1 N–H and O–H groups in total. The van der Waals surface area contributed by atoms with E-state index >= 15 is 0 Å². The van der Waals surface area contributed by atoms with E-state index in [1.54, 1.807) is 29.2 Å². The molecule has 29 heavy (non-hydrogen) atoms. The summed E-state index contributed by atoms with van der Waals surface area (Å²) in [5.41, 5.74) is 0.851. The fourth-order valence-corrected chi connectivity index (χ4v) is 3.26. The van der Waals surface area contributed by atoms with Crippen LogP contribution in [0.15, 0.2) is 24.3 Å². The molecule has 2 saturated heterocycles. The van der Waals surface area contributed by atoms with Crippen molar-refractivity contribution >= 4 is 29.4 Å². The second kappa shape index (κ2) is 9.01. The Labute approximate surface area is 166 Å². The minimum Gasteiger partial charge on any atom is -0.478 e. The summed E-state index contributed by atoms with van der Waals surface area (Å²) < 4.78 is 15.3. The summed E-state index contributed by atoms with van der Waals surface area (Å²) in [7, 11) is 0. The maximum absolute atomic E-state index is 12.9. The molecular weight excluding hydrogens is 384 g/mol. The van der Waals surface area contributed by atoms with Crippen LogP contribution in [0.1, 0.15) is 17.3 Å². The van der Waals surface area contributed by atoms with Crippen LogP contribution in [0.4, 0.5) is 5.69 Å². The van der Waals surface area contributed by atoms with Crippen LogP contribution in [0.25, 0.3) is 0 Å². The van der Waals surface area contributed by atoms with Gasteiger partial charge in [-0.25, -0.2) is 4.79 Å². The first-order chi connectivity index (χ1) is 13.9. The number of esters is 1. The summed E-state index contributed by atoms with van der Waals surface area (Å²) in [6.07, 6.45) is -3.22. The largest absolute Gasteiger partial charge is 0.478 e. The van der Waals surface area contributed by atoms with Crippen molar-refractivity contribution in [2.45, 2.75) is 19.1 Å². The molecule has 2 unspecified atom stereocenters. The lowest BCUT2D eigenvalue weighted by atomic mass is 10.1. The van der Waals surface area contributed by atoms with Gasteiger partial charge in [-0.2, -0.15) is 0 Å². The Morgan fingerprint density at radius 2 is 1.90 bits per heavy atom. The Kier molecular flexibility index (Phi) is 6.45. The van der Waals surface area contributed by atoms with Gasteiger partial charge >= 0.3 is 11.9 Å². The van der Waals surface area contributed by atoms with E-state index < -0.39 is 30.1 Å². The normalized spacial score (nSPS) is 20.9. The minimum atomic E-state index is -1.75. The fraction of sp³-hybridized carbons (Fsp3) is 0.474. The topological polar surface area (TPSA) is 123 Å². The Morgan fingerprint density at radius 1 is 1.17 bits per heavy atom. The number of benzene rings is 1. The van der Waals surface area contributed by atoms with Gasteiger partial charge in [0.15, 0.2) is 6.10 Å². The average molecular weight is 406 g/mol. The van der Waals surface area contributed by atoms with Crippen molar-refractivity contribution in [2.75, 3.05) is 44.4 Å². The van der Waals surface area contributed by atoms with Gasteiger partial charge in [0, 0.05) is 37.8 Å². The highest BCUT2D eigenvalue weighted by atomic mass is 16.6. The summed E-state index contributed by atoms with van der Waals surface area (Å²) in [5, 5.41) is 9.32. The van der Waals surface area contributed by atoms with Crippen LogP contribution >= 0.6 is 0 Å². The number of aliphatic carboxylic acids is 1. The molecule has 10 nitrogen and oxygen atoms in total. The Bertz CT molecular complexity index is 805. The zero-order valence-electron chi connectivity index (χ0n) is 15.9. The first-order valence-electron chi connectivity index (χ1n) is 9.18. The van der Waals surface area contributed by atoms with Gasteiger partial charge in [0.05, 0.1) is 19.8 Å². The van der Waals surface area contributed by atoms with Crippen molar-refractivity contribution in [2.24, 2.45) is 0 Å². The molecule has 2 atom stereocenters. The number of carboxylic acids is 1. The molecule has 10 heteroatoms. The number of carbonyl (C=O) groups is 4. The zero-order chi connectivity index (χ0) is 21.0. The van der Waals surface area contributed by atoms with Gasteiger partial charge in [-0.3, -0.25) is 14.4 Å². The molecule has 1 aromatic rings. The number of nitrogens with zero attached hydrogens (tertiary/aromatic N) is 2. The summed E-state index contributed by atoms with van der Waals surface area (Å²) in [5.74, 6) is -3.13. The molecular formula is C19H22N2O8. The molecule has 2 aliphatic rings. The number of anilines is 1. The van der Waals surface area contributed by atoms with E-state index in [1.807, 2.05) is 0 Å². The first-order valence-corrected chi connectivity index (χ1v) is 9.18. The van der Waals surface area contributed by atoms with E-state index in [4.69, 9.17) is 14.2 Å². The van der Waals surface area contributed by atoms with Crippen LogP contribution in [-0.2, 0) is 28.6 Å². The second-order valence-electron chi connectivity index (χ2n) is 6.60. The highest BCUT2D eigenvalue weighted by molar-refractivity contribution is 6.02. The van der Waals surface area contributed by atoms with E-state index in [-0.39, 0.29) is 19.1 Å². The second-order valence-corrected chi connectivity index (χ2v) is 6.60. The van der Waals surface area contributed by atoms with Crippen molar-refractivity contribution in [1.29, 1.82) is 0 Å². The van der Waals surface area contributed by atoms with Crippen molar-refractivity contribution < 1.29 is 38.5 Å². The van der Waals surface area contributed by atoms with Crippen molar-refractivity contribution in [3.8, 4) is 0 Å². The molecule has 2 fully saturated rings. The highest BCUT2D eigenvalue weighted by Gasteiger charge is 2.42. The molecule has 3 rings (SSSR count). The van der Waals surface area contributed by atoms with E-state index in [2.05, 4.69) is 0 Å². The van der Waals surface area contributed by atoms with Crippen LogP contribution < -0.4 is 4.90 Å². The maximum Gasteiger partial charge on any atom is 0.348 e. The Morgan fingerprint density at radius 3 is 2.55 bits per heavy atom. The predicted molar refractivity (Wildman–Crippen MR) is 98.4 cm³/mol. The summed E-state index contributed by atoms with van der Waals surface area (Å²) in [6.45, 7) is 3.22. The van der Waals surface area contributed by atoms with Gasteiger partial charge in [0.25, 0.3) is 11.8 Å². The lowest BCUT2D eigenvalue weighted by Crippen LogP contribution is -2.55. The molecule has 0 radical (unpaired) electrons. The van der Waals surface area contributed by atoms with Gasteiger partial charge in [0.2, 0.25) is 6.10 Å². The lowest BCUT2D eigenvalue weighted by molar-refractivity contribution is -0.177. The van der Waals surface area contributed by atoms with Crippen LogP contribution in [-0.4, -0.2) is 85.4 Å². The van der Waals surface area contributed by atoms with Gasteiger partial charge in [-0.1, -0.05) is 6.07 Å². The van der Waals surface area contributed by atoms with E-state index in [1.165, 1.54) is 4.90 Å². The monoisotopic (exact) mass is 406 g/mol. The van der Waals surface area contributed by atoms with Crippen LogP contribution in [0.5, 0.6) is 0 Å². The maximum atomic E-state index is 12.9. The van der Waals surface area contributed by atoms with Gasteiger partial charge < -0.3 is 29.1 Å². The number of morpholine rings is 2. The fourth-order valence-electron chi connectivity index (χ4n) is 3.26. The molecule has 1 aromatic carbocycles. The molecule has 0 bridgehead atoms. The number of hydrogen-bond donors (Lipinski definition) is 1. The van der Waals surface area contributed by atoms with E-state index in [9.17, 15) is 24.3 Å². The van der Waals surface area contributed by atoms with Gasteiger partial charge in [-0.05, 0) is 18.2 Å². The van der Waals surface area contributed by atoms with Crippen LogP contribution in [0.2, 0.25) is 0 Å². The number of rotatable bonds is 5. The quantitative estimate of drug-likeness (QED) is 0.673. The van der Waals surface area contributed by atoms with Gasteiger partial charge in [0.1, 0.15) is 0 Å². The number of carboxylic acid groups (broad SMARTS) is 1. The predicted octanol–water partition coefficient (Wildman–Crippen LogP) is -0.0929. The standard InChI is InChI=1S/C19H22N2O8/c1-12(22)29-16(19(25)26)15-18(24)21(7-10-28-15)14-4-2-3-13(11-14)17(23)20-5-8-27-9-6-20/h2-4,11,15-16H,5-10H2,1H3,(H,25,26). The average Bonchev–Trinajstić information content (AvgIpc) is 2.72. The first kappa shape index (κ1) is 20.7. The number of hydrogen-bond acceptors (Lipinski definition) is 7. The Hall–Kier alpha value is -2.98. The van der Waals surface area contributed by atoms with Crippen LogP contribution in [0, 0.1) is 0 Å². The molecule has 0 aliphatic carbocycles. The summed E-state index contributed by atoms with van der Waals surface area (Å²) >= 11 is 0. The van der Waals surface area contributed by atoms with Gasteiger partial charge in [-0.15, -0.1) is 0 Å². The number of carbonyl (C=O) groups excluding carboxylic acids is 3. The lowest BCUT2D eigenvalue weighted by Gasteiger charge is -2.34. The summed E-state index contributed by atoms with van der Waals surface area (Å²) in [6, 6.07) is 6.54. The third-order valence-corrected chi connectivity index (χ3v) is 4.64. The molecule has 0 spiro atoms. The number of ether oxygens (including phenoxy) is 3. The molecule has 0 saturated carbocycles. The van der Waals surface area contributed by atoms with Crippen molar-refractivity contribution in [3.05, 3.63) is 29.8 Å². The smallest absolute Gasteiger partial charge is 0.348 e. The minimum absolute atomic E-state index is 0.0586. The molecule has 2 aliphatic heterocycles. The highest BCUT2D eigenvalue weighted by Crippen LogP contribution is 2.23. The van der Waals surface area contributed by atoms with E-state index in [0.717, 1.165) is 6.92 Å². The third kappa shape index (κ3) is 4.72. The van der Waals surface area contributed by atoms with Crippen molar-refractivity contribution in [3.63, 3.8) is 0 Å². The third-order valence-electron chi connectivity index (χ3n) is 4.64. The van der Waals surface area contributed by atoms with E-state index in [0.29, 0.717) is 37.6 Å². The van der Waals surface area contributed by atoms with Crippen molar-refractivity contribution in [1.82, 2.24) is 4.90 Å². The molecule has 0 aromatic heterocycles. The molecule has 2 heterocycles. The zero-order valence-corrected chi connectivity index (χ0v) is 15.9. The van der Waals surface area contributed by atoms with Crippen LogP contribution in [0.3, 0.4) is 0 Å². The molecule has 156 valence electrons. The SMILES string of the molecule is CC(=O)OC(C(=O)O)C1OCCN(c2cccc(C(=O)N3CCOCC3)c2)C1=O. The number of amides is 2.